The van der Waals surface area contributed by atoms with Gasteiger partial charge in [-0.2, -0.15) is 0 Å². The summed E-state index contributed by atoms with van der Waals surface area (Å²) in [6.45, 7) is 0. The minimum atomic E-state index is -0.310. The molecule has 0 bridgehead atoms. The molecule has 1 N–H and O–H groups in total. The minimum absolute atomic E-state index is 0.292. The van der Waals surface area contributed by atoms with Crippen molar-refractivity contribution in [2.75, 3.05) is 12.4 Å². The Bertz CT molecular complexity index is 887. The Morgan fingerprint density at radius 1 is 1.16 bits per heavy atom. The Morgan fingerprint density at radius 3 is 2.56 bits per heavy atom. The second-order valence-electron chi connectivity index (χ2n) is 5.14. The van der Waals surface area contributed by atoms with Gasteiger partial charge in [-0.25, -0.2) is 9.37 Å². The number of amides is 1. The lowest BCUT2D eigenvalue weighted by Crippen LogP contribution is -2.07. The molecule has 1 aromatic heterocycles. The van der Waals surface area contributed by atoms with Gasteiger partial charge in [-0.15, -0.1) is 11.3 Å². The first kappa shape index (κ1) is 16.9. The smallest absolute Gasteiger partial charge is 0.250 e. The highest BCUT2D eigenvalue weighted by Gasteiger charge is 2.06. The summed E-state index contributed by atoms with van der Waals surface area (Å²) in [5.41, 5.74) is 2.47. The third-order valence-electron chi connectivity index (χ3n) is 3.42. The molecule has 3 rings (SSSR count). The highest BCUT2D eigenvalue weighted by atomic mass is 32.1. The Balaban J connectivity index is 1.64. The summed E-state index contributed by atoms with van der Waals surface area (Å²) in [6.07, 6.45) is 3.01. The van der Waals surface area contributed by atoms with E-state index in [0.717, 1.165) is 22.6 Å². The van der Waals surface area contributed by atoms with E-state index in [9.17, 15) is 9.18 Å². The maximum Gasteiger partial charge on any atom is 0.250 e. The summed E-state index contributed by atoms with van der Waals surface area (Å²) >= 11 is 1.35. The van der Waals surface area contributed by atoms with Crippen LogP contribution in [0, 0.1) is 5.82 Å². The van der Waals surface area contributed by atoms with Crippen LogP contribution in [0.1, 0.15) is 5.56 Å². The largest absolute Gasteiger partial charge is 0.497 e. The van der Waals surface area contributed by atoms with Crippen LogP contribution >= 0.6 is 11.3 Å². The van der Waals surface area contributed by atoms with Crippen LogP contribution in [0.3, 0.4) is 0 Å². The van der Waals surface area contributed by atoms with Gasteiger partial charge < -0.3 is 4.74 Å². The third kappa shape index (κ3) is 4.51. The highest BCUT2D eigenvalue weighted by Crippen LogP contribution is 2.26. The van der Waals surface area contributed by atoms with Crippen LogP contribution in [0.15, 0.2) is 60.0 Å². The molecule has 25 heavy (non-hydrogen) atoms. The van der Waals surface area contributed by atoms with E-state index in [2.05, 4.69) is 10.3 Å². The number of halogens is 1. The van der Waals surface area contributed by atoms with Crippen LogP contribution in [0.25, 0.3) is 17.3 Å². The molecule has 6 heteroatoms. The molecule has 0 saturated heterocycles. The lowest BCUT2D eigenvalue weighted by Gasteiger charge is -2.00. The van der Waals surface area contributed by atoms with E-state index in [1.54, 1.807) is 25.3 Å². The van der Waals surface area contributed by atoms with Crippen molar-refractivity contribution in [2.45, 2.75) is 0 Å². The number of nitrogens with zero attached hydrogens (tertiary/aromatic N) is 1. The molecule has 0 aliphatic rings. The zero-order valence-electron chi connectivity index (χ0n) is 13.4. The molecule has 0 aliphatic carbocycles. The average Bonchev–Trinajstić information content (AvgIpc) is 3.10. The van der Waals surface area contributed by atoms with Gasteiger partial charge in [0.2, 0.25) is 5.91 Å². The molecule has 1 amide bonds. The van der Waals surface area contributed by atoms with E-state index < -0.39 is 0 Å². The van der Waals surface area contributed by atoms with Gasteiger partial charge in [0.05, 0.1) is 12.8 Å². The fourth-order valence-corrected chi connectivity index (χ4v) is 2.84. The SMILES string of the molecule is COc1ccc(-c2csc(NC(=O)/C=C/c3ccc(F)cc3)n2)cc1. The number of anilines is 1. The molecule has 126 valence electrons. The lowest BCUT2D eigenvalue weighted by molar-refractivity contribution is -0.111. The van der Waals surface area contributed by atoms with Gasteiger partial charge in [0.15, 0.2) is 5.13 Å². The molecule has 1 heterocycles. The molecule has 0 saturated carbocycles. The van der Waals surface area contributed by atoms with Crippen LogP contribution in [0.5, 0.6) is 5.75 Å². The number of carbonyl (C=O) groups excluding carboxylic acids is 1. The van der Waals surface area contributed by atoms with E-state index >= 15 is 0 Å². The molecule has 0 aliphatic heterocycles. The fraction of sp³-hybridized carbons (Fsp3) is 0.0526. The van der Waals surface area contributed by atoms with E-state index in [0.29, 0.717) is 5.13 Å². The van der Waals surface area contributed by atoms with Crippen molar-refractivity contribution >= 4 is 28.5 Å². The van der Waals surface area contributed by atoms with Crippen molar-refractivity contribution in [3.63, 3.8) is 0 Å². The van der Waals surface area contributed by atoms with Gasteiger partial charge >= 0.3 is 0 Å². The van der Waals surface area contributed by atoms with E-state index in [-0.39, 0.29) is 11.7 Å². The normalized spacial score (nSPS) is 10.8. The molecular formula is C19H15FN2O2S. The Hall–Kier alpha value is -2.99. The van der Waals surface area contributed by atoms with Gasteiger partial charge in [-0.3, -0.25) is 10.1 Å². The number of methoxy groups -OCH3 is 1. The third-order valence-corrected chi connectivity index (χ3v) is 4.17. The number of benzene rings is 2. The van der Waals surface area contributed by atoms with Crippen LogP contribution in [0.4, 0.5) is 9.52 Å². The zero-order chi connectivity index (χ0) is 17.6. The Morgan fingerprint density at radius 2 is 1.88 bits per heavy atom. The van der Waals surface area contributed by atoms with E-state index in [4.69, 9.17) is 4.74 Å². The monoisotopic (exact) mass is 354 g/mol. The van der Waals surface area contributed by atoms with Crippen molar-refractivity contribution in [1.29, 1.82) is 0 Å². The van der Waals surface area contributed by atoms with Crippen LogP contribution < -0.4 is 10.1 Å². The number of ether oxygens (including phenoxy) is 1. The molecule has 3 aromatic rings. The number of carbonyl (C=O) groups is 1. The van der Waals surface area contributed by atoms with Gasteiger partial charge in [-0.05, 0) is 48.0 Å². The summed E-state index contributed by atoms with van der Waals surface area (Å²) in [4.78, 5) is 16.4. The first-order chi connectivity index (χ1) is 12.1. The zero-order valence-corrected chi connectivity index (χ0v) is 14.2. The van der Waals surface area contributed by atoms with Gasteiger partial charge in [0, 0.05) is 17.0 Å². The van der Waals surface area contributed by atoms with Crippen LogP contribution in [0.2, 0.25) is 0 Å². The number of thiazole rings is 1. The number of aromatic nitrogens is 1. The van der Waals surface area contributed by atoms with E-state index in [1.807, 2.05) is 29.6 Å². The predicted octanol–water partition coefficient (Wildman–Crippen LogP) is 4.61. The summed E-state index contributed by atoms with van der Waals surface area (Å²) in [7, 11) is 1.62. The first-order valence-electron chi connectivity index (χ1n) is 7.48. The van der Waals surface area contributed by atoms with E-state index in [1.165, 1.54) is 29.5 Å². The minimum Gasteiger partial charge on any atom is -0.497 e. The number of hydrogen-bond acceptors (Lipinski definition) is 4. The predicted molar refractivity (Wildman–Crippen MR) is 98.2 cm³/mol. The summed E-state index contributed by atoms with van der Waals surface area (Å²) < 4.78 is 18.0. The molecule has 0 spiro atoms. The molecule has 0 fully saturated rings. The van der Waals surface area contributed by atoms with Gasteiger partial charge in [-0.1, -0.05) is 12.1 Å². The summed E-state index contributed by atoms with van der Waals surface area (Å²) in [5, 5.41) is 5.11. The summed E-state index contributed by atoms with van der Waals surface area (Å²) in [5.74, 6) is 0.175. The molecular weight excluding hydrogens is 339 g/mol. The van der Waals surface area contributed by atoms with Crippen molar-refractivity contribution in [1.82, 2.24) is 4.98 Å². The molecule has 0 radical (unpaired) electrons. The summed E-state index contributed by atoms with van der Waals surface area (Å²) in [6, 6.07) is 13.4. The first-order valence-corrected chi connectivity index (χ1v) is 8.36. The second-order valence-corrected chi connectivity index (χ2v) is 6.00. The topological polar surface area (TPSA) is 51.2 Å². The molecule has 0 unspecified atom stereocenters. The standard InChI is InChI=1S/C19H15FN2O2S/c1-24-16-9-5-14(6-10-16)17-12-25-19(21-17)22-18(23)11-4-13-2-7-15(20)8-3-13/h2-12H,1H3,(H,21,22,23)/b11-4+. The lowest BCUT2D eigenvalue weighted by atomic mass is 10.2. The average molecular weight is 354 g/mol. The fourth-order valence-electron chi connectivity index (χ4n) is 2.12. The molecule has 0 atom stereocenters. The second kappa shape index (κ2) is 7.72. The number of hydrogen-bond donors (Lipinski definition) is 1. The molecule has 4 nitrogen and oxygen atoms in total. The van der Waals surface area contributed by atoms with Gasteiger partial charge in [0.25, 0.3) is 0 Å². The van der Waals surface area contributed by atoms with Crippen LogP contribution in [-0.4, -0.2) is 18.0 Å². The molecule has 2 aromatic carbocycles. The Kier molecular flexibility index (Phi) is 5.20. The Labute approximate surface area is 148 Å². The van der Waals surface area contributed by atoms with Gasteiger partial charge in [0.1, 0.15) is 11.6 Å². The van der Waals surface area contributed by atoms with Crippen molar-refractivity contribution in [2.24, 2.45) is 0 Å². The number of rotatable bonds is 5. The number of nitrogens with one attached hydrogen (secondary N) is 1. The van der Waals surface area contributed by atoms with Crippen molar-refractivity contribution in [3.05, 3.63) is 71.4 Å². The van der Waals surface area contributed by atoms with Crippen molar-refractivity contribution < 1.29 is 13.9 Å². The maximum atomic E-state index is 12.8. The van der Waals surface area contributed by atoms with Crippen molar-refractivity contribution in [3.8, 4) is 17.0 Å². The highest BCUT2D eigenvalue weighted by molar-refractivity contribution is 7.14. The quantitative estimate of drug-likeness (QED) is 0.681. The van der Waals surface area contributed by atoms with Crippen LogP contribution in [-0.2, 0) is 4.79 Å². The maximum absolute atomic E-state index is 12.8.